The number of likely N-dealkylation sites (tertiary alicyclic amines) is 1. The van der Waals surface area contributed by atoms with E-state index in [1.54, 1.807) is 0 Å². The molecule has 2 aliphatic carbocycles. The lowest BCUT2D eigenvalue weighted by atomic mass is 9.89. The van der Waals surface area contributed by atoms with Gasteiger partial charge in [-0.05, 0) is 50.5 Å². The minimum Gasteiger partial charge on any atom is -0.411 e. The fraction of sp³-hybridized carbons (Fsp3) is 0.923. The quantitative estimate of drug-likeness (QED) is 0.546. The van der Waals surface area contributed by atoms with Crippen LogP contribution in [-0.2, 0) is 0 Å². The molecule has 0 spiro atoms. The van der Waals surface area contributed by atoms with Gasteiger partial charge in [0.1, 0.15) is 0 Å². The molecule has 16 heavy (non-hydrogen) atoms. The third-order valence-electron chi connectivity index (χ3n) is 4.84. The van der Waals surface area contributed by atoms with E-state index in [9.17, 15) is 5.21 Å². The van der Waals surface area contributed by atoms with Crippen LogP contribution in [-0.4, -0.2) is 35.0 Å². The molecule has 2 bridgehead atoms. The number of hydrogen-bond donors (Lipinski definition) is 1. The highest BCUT2D eigenvalue weighted by Crippen LogP contribution is 2.45. The van der Waals surface area contributed by atoms with Gasteiger partial charge in [0.25, 0.3) is 0 Å². The molecular weight excluding hydrogens is 200 g/mol. The summed E-state index contributed by atoms with van der Waals surface area (Å²) in [7, 11) is 0. The van der Waals surface area contributed by atoms with Gasteiger partial charge in [0.2, 0.25) is 0 Å². The molecule has 3 rings (SSSR count). The minimum atomic E-state index is 0.478. The van der Waals surface area contributed by atoms with E-state index in [0.717, 1.165) is 17.5 Å². The third kappa shape index (κ3) is 1.56. The first-order valence-electron chi connectivity index (χ1n) is 6.75. The predicted octanol–water partition coefficient (Wildman–Crippen LogP) is 2.35. The van der Waals surface area contributed by atoms with Gasteiger partial charge in [0.15, 0.2) is 0 Å². The molecule has 0 amide bonds. The van der Waals surface area contributed by atoms with E-state index in [-0.39, 0.29) is 0 Å². The summed E-state index contributed by atoms with van der Waals surface area (Å²) in [6, 6.07) is 0.478. The van der Waals surface area contributed by atoms with Crippen LogP contribution in [0.2, 0.25) is 0 Å². The van der Waals surface area contributed by atoms with Gasteiger partial charge >= 0.3 is 0 Å². The number of oxime groups is 1. The molecule has 0 radical (unpaired) electrons. The number of piperidine rings is 1. The highest BCUT2D eigenvalue weighted by atomic mass is 16.4. The monoisotopic (exact) mass is 222 g/mol. The van der Waals surface area contributed by atoms with Crippen LogP contribution in [0.4, 0.5) is 0 Å². The predicted molar refractivity (Wildman–Crippen MR) is 63.8 cm³/mol. The first-order valence-corrected chi connectivity index (χ1v) is 6.75. The van der Waals surface area contributed by atoms with Crippen molar-refractivity contribution in [3.05, 3.63) is 0 Å². The first-order chi connectivity index (χ1) is 7.79. The molecule has 1 N–H and O–H groups in total. The molecule has 1 aliphatic heterocycles. The molecular formula is C13H22N2O. The fourth-order valence-electron chi connectivity index (χ4n) is 4.16. The molecule has 90 valence electrons. The number of fused-ring (bicyclic) bond motifs is 2. The summed E-state index contributed by atoms with van der Waals surface area (Å²) in [5.41, 5.74) is 1.10. The van der Waals surface area contributed by atoms with E-state index in [4.69, 9.17) is 0 Å². The van der Waals surface area contributed by atoms with Gasteiger partial charge in [-0.3, -0.25) is 4.90 Å². The molecule has 0 aromatic heterocycles. The fourth-order valence-corrected chi connectivity index (χ4v) is 4.16. The highest BCUT2D eigenvalue weighted by Gasteiger charge is 2.48. The Morgan fingerprint density at radius 1 is 1.31 bits per heavy atom. The van der Waals surface area contributed by atoms with Crippen LogP contribution in [0.1, 0.15) is 39.0 Å². The molecule has 3 heteroatoms. The van der Waals surface area contributed by atoms with Crippen molar-refractivity contribution in [1.29, 1.82) is 0 Å². The summed E-state index contributed by atoms with van der Waals surface area (Å²) in [4.78, 5) is 2.59. The Morgan fingerprint density at radius 3 is 2.94 bits per heavy atom. The Hall–Kier alpha value is -0.570. The highest BCUT2D eigenvalue weighted by molar-refractivity contribution is 5.94. The Bertz CT molecular complexity index is 302. The molecule has 1 heterocycles. The van der Waals surface area contributed by atoms with Crippen molar-refractivity contribution < 1.29 is 5.21 Å². The van der Waals surface area contributed by atoms with Gasteiger partial charge in [-0.1, -0.05) is 12.1 Å². The summed E-state index contributed by atoms with van der Waals surface area (Å²) in [5.74, 6) is 2.19. The maximum atomic E-state index is 9.22. The maximum absolute atomic E-state index is 9.22. The van der Waals surface area contributed by atoms with Crippen LogP contribution in [0.3, 0.4) is 0 Å². The SMILES string of the molecule is C[C@H]1CCCN([C@@H]2/C(=N/O)[C@H]3CC[C@H]2C3)C1. The van der Waals surface area contributed by atoms with Crippen LogP contribution < -0.4 is 0 Å². The van der Waals surface area contributed by atoms with Crippen molar-refractivity contribution in [2.24, 2.45) is 22.9 Å². The minimum absolute atomic E-state index is 0.478. The van der Waals surface area contributed by atoms with Crippen molar-refractivity contribution in [2.45, 2.75) is 45.1 Å². The summed E-state index contributed by atoms with van der Waals surface area (Å²) in [5, 5.41) is 12.8. The van der Waals surface area contributed by atoms with Crippen molar-refractivity contribution in [2.75, 3.05) is 13.1 Å². The van der Waals surface area contributed by atoms with Gasteiger partial charge in [0, 0.05) is 12.5 Å². The zero-order valence-electron chi connectivity index (χ0n) is 10.1. The van der Waals surface area contributed by atoms with E-state index in [0.29, 0.717) is 12.0 Å². The zero-order chi connectivity index (χ0) is 11.1. The average molecular weight is 222 g/mol. The molecule has 2 saturated carbocycles. The van der Waals surface area contributed by atoms with E-state index in [2.05, 4.69) is 17.0 Å². The number of hydrogen-bond acceptors (Lipinski definition) is 3. The van der Waals surface area contributed by atoms with Crippen LogP contribution in [0.15, 0.2) is 5.16 Å². The molecule has 0 unspecified atom stereocenters. The molecule has 3 aliphatic rings. The maximum Gasteiger partial charge on any atom is 0.0775 e. The van der Waals surface area contributed by atoms with Gasteiger partial charge < -0.3 is 5.21 Å². The van der Waals surface area contributed by atoms with Crippen LogP contribution in [0, 0.1) is 17.8 Å². The smallest absolute Gasteiger partial charge is 0.0775 e. The van der Waals surface area contributed by atoms with Crippen LogP contribution in [0.25, 0.3) is 0 Å². The third-order valence-corrected chi connectivity index (χ3v) is 4.84. The Morgan fingerprint density at radius 2 is 2.19 bits per heavy atom. The lowest BCUT2D eigenvalue weighted by Crippen LogP contribution is -2.49. The van der Waals surface area contributed by atoms with Gasteiger partial charge in [-0.25, -0.2) is 0 Å². The van der Waals surface area contributed by atoms with Crippen LogP contribution >= 0.6 is 0 Å². The molecule has 3 nitrogen and oxygen atoms in total. The lowest BCUT2D eigenvalue weighted by molar-refractivity contribution is 0.131. The zero-order valence-corrected chi connectivity index (χ0v) is 10.1. The second-order valence-corrected chi connectivity index (χ2v) is 5.98. The van der Waals surface area contributed by atoms with Crippen molar-refractivity contribution in [3.63, 3.8) is 0 Å². The number of rotatable bonds is 1. The molecule has 0 aromatic carbocycles. The van der Waals surface area contributed by atoms with Gasteiger partial charge in [-0.15, -0.1) is 0 Å². The number of nitrogens with zero attached hydrogens (tertiary/aromatic N) is 2. The summed E-state index contributed by atoms with van der Waals surface area (Å²) >= 11 is 0. The molecule has 0 aromatic rings. The standard InChI is InChI=1S/C13H22N2O/c1-9-3-2-6-15(8-9)13-11-5-4-10(7-11)12(13)14-16/h9-11,13,16H,2-8H2,1H3/b14-12+/t9-,10-,11-,13-/m0/s1. The largest absolute Gasteiger partial charge is 0.411 e. The Kier molecular flexibility index (Phi) is 2.66. The molecule has 4 atom stereocenters. The summed E-state index contributed by atoms with van der Waals surface area (Å²) in [6.45, 7) is 4.75. The topological polar surface area (TPSA) is 35.8 Å². The lowest BCUT2D eigenvalue weighted by Gasteiger charge is -2.39. The Balaban J connectivity index is 1.78. The van der Waals surface area contributed by atoms with Crippen molar-refractivity contribution in [1.82, 2.24) is 4.90 Å². The van der Waals surface area contributed by atoms with Gasteiger partial charge in [0.05, 0.1) is 11.8 Å². The second-order valence-electron chi connectivity index (χ2n) is 5.98. The van der Waals surface area contributed by atoms with E-state index in [1.807, 2.05) is 0 Å². The molecule has 1 saturated heterocycles. The summed E-state index contributed by atoms with van der Waals surface area (Å²) in [6.07, 6.45) is 6.55. The second kappa shape index (κ2) is 4.02. The van der Waals surface area contributed by atoms with Gasteiger partial charge in [-0.2, -0.15) is 0 Å². The van der Waals surface area contributed by atoms with E-state index < -0.39 is 0 Å². The first kappa shape index (κ1) is 10.6. The molecule has 3 fully saturated rings. The van der Waals surface area contributed by atoms with Crippen molar-refractivity contribution in [3.8, 4) is 0 Å². The van der Waals surface area contributed by atoms with E-state index in [1.165, 1.54) is 45.2 Å². The van der Waals surface area contributed by atoms with Crippen LogP contribution in [0.5, 0.6) is 0 Å². The van der Waals surface area contributed by atoms with Crippen molar-refractivity contribution >= 4 is 5.71 Å². The normalized spacial score (nSPS) is 46.7. The Labute approximate surface area is 97.5 Å². The van der Waals surface area contributed by atoms with E-state index >= 15 is 0 Å². The average Bonchev–Trinajstić information content (AvgIpc) is 2.88. The summed E-state index contributed by atoms with van der Waals surface area (Å²) < 4.78 is 0.